The van der Waals surface area contributed by atoms with Gasteiger partial charge in [-0.2, -0.15) is 0 Å². The van der Waals surface area contributed by atoms with Crippen LogP contribution in [0.3, 0.4) is 0 Å². The van der Waals surface area contributed by atoms with Gasteiger partial charge in [0.25, 0.3) is 5.91 Å². The number of nitrogen functional groups attached to an aromatic ring is 1. The molecule has 1 aromatic rings. The van der Waals surface area contributed by atoms with Gasteiger partial charge in [0.1, 0.15) is 0 Å². The van der Waals surface area contributed by atoms with E-state index < -0.39 is 0 Å². The first-order valence-electron chi connectivity index (χ1n) is 6.81. The molecule has 116 valence electrons. The number of carbonyl (C=O) groups excluding carboxylic acids is 1. The van der Waals surface area contributed by atoms with Crippen LogP contribution in [0.1, 0.15) is 22.8 Å². The fraction of sp³-hybridized carbons (Fsp3) is 0.500. The minimum absolute atomic E-state index is 0.0254. The van der Waals surface area contributed by atoms with Crippen LogP contribution in [0.4, 0.5) is 0 Å². The highest BCUT2D eigenvalue weighted by atomic mass is 79.9. The largest absolute Gasteiger partial charge is 0.394 e. The van der Waals surface area contributed by atoms with Crippen molar-refractivity contribution in [3.05, 3.63) is 33.8 Å². The number of hydrogen-bond donors (Lipinski definition) is 3. The van der Waals surface area contributed by atoms with Crippen molar-refractivity contribution in [1.29, 1.82) is 0 Å². The third-order valence-corrected chi connectivity index (χ3v) is 4.18. The Balaban J connectivity index is 2.07. The van der Waals surface area contributed by atoms with Crippen LogP contribution in [0, 0.1) is 0 Å². The summed E-state index contributed by atoms with van der Waals surface area (Å²) in [5.41, 5.74) is 3.70. The summed E-state index contributed by atoms with van der Waals surface area (Å²) in [6.07, 6.45) is -0.0493. The Bertz CT molecular complexity index is 512. The number of halogens is 1. The van der Waals surface area contributed by atoms with E-state index in [-0.39, 0.29) is 24.7 Å². The van der Waals surface area contributed by atoms with Crippen LogP contribution in [0.15, 0.2) is 22.7 Å². The van der Waals surface area contributed by atoms with E-state index in [9.17, 15) is 9.90 Å². The minimum Gasteiger partial charge on any atom is -0.394 e. The number of aliphatic hydroxyl groups excluding tert-OH is 1. The molecule has 2 rings (SSSR count). The molecule has 0 aliphatic carbocycles. The van der Waals surface area contributed by atoms with Gasteiger partial charge in [0.2, 0.25) is 0 Å². The molecule has 1 heterocycles. The van der Waals surface area contributed by atoms with Crippen molar-refractivity contribution in [3.63, 3.8) is 0 Å². The average Bonchev–Trinajstić information content (AvgIpc) is 2.47. The van der Waals surface area contributed by atoms with Gasteiger partial charge in [0.15, 0.2) is 0 Å². The van der Waals surface area contributed by atoms with Crippen molar-refractivity contribution in [1.82, 2.24) is 10.3 Å². The van der Waals surface area contributed by atoms with Crippen LogP contribution in [0.2, 0.25) is 0 Å². The Labute approximate surface area is 132 Å². The van der Waals surface area contributed by atoms with Crippen molar-refractivity contribution in [2.24, 2.45) is 5.84 Å². The predicted molar refractivity (Wildman–Crippen MR) is 82.5 cm³/mol. The zero-order valence-corrected chi connectivity index (χ0v) is 13.5. The predicted octanol–water partition coefficient (Wildman–Crippen LogP) is 0.634. The van der Waals surface area contributed by atoms with E-state index in [0.717, 1.165) is 23.1 Å². The molecule has 0 spiro atoms. The van der Waals surface area contributed by atoms with Gasteiger partial charge in [0, 0.05) is 29.7 Å². The van der Waals surface area contributed by atoms with Crippen molar-refractivity contribution < 1.29 is 14.6 Å². The second-order valence-corrected chi connectivity index (χ2v) is 6.08. The second kappa shape index (κ2) is 7.33. The molecule has 1 saturated heterocycles. The fourth-order valence-corrected chi connectivity index (χ4v) is 3.02. The standard InChI is InChI=1S/C14H20BrN3O3/c1-9-5-18(7-12(8-19)21-9)6-11-3-2-10(4-13(11)15)14(20)17-16/h2-4,9,12,19H,5-8,16H2,1H3,(H,17,20). The molecule has 0 aromatic heterocycles. The van der Waals surface area contributed by atoms with E-state index in [1.807, 2.05) is 13.0 Å². The first kappa shape index (κ1) is 16.4. The minimum atomic E-state index is -0.317. The van der Waals surface area contributed by atoms with Crippen LogP contribution in [-0.2, 0) is 11.3 Å². The normalized spacial score (nSPS) is 23.0. The summed E-state index contributed by atoms with van der Waals surface area (Å²) in [4.78, 5) is 13.7. The number of ether oxygens (including phenoxy) is 1. The molecule has 4 N–H and O–H groups in total. The monoisotopic (exact) mass is 357 g/mol. The van der Waals surface area contributed by atoms with Gasteiger partial charge in [-0.15, -0.1) is 0 Å². The molecule has 0 saturated carbocycles. The zero-order chi connectivity index (χ0) is 15.4. The van der Waals surface area contributed by atoms with Crippen molar-refractivity contribution in [2.75, 3.05) is 19.7 Å². The number of morpholine rings is 1. The van der Waals surface area contributed by atoms with Crippen LogP contribution in [-0.4, -0.2) is 47.8 Å². The van der Waals surface area contributed by atoms with Gasteiger partial charge in [-0.3, -0.25) is 15.1 Å². The van der Waals surface area contributed by atoms with Crippen LogP contribution >= 0.6 is 15.9 Å². The number of nitrogens with two attached hydrogens (primary N) is 1. The van der Waals surface area contributed by atoms with Crippen LogP contribution in [0.5, 0.6) is 0 Å². The van der Waals surface area contributed by atoms with Crippen LogP contribution < -0.4 is 11.3 Å². The highest BCUT2D eigenvalue weighted by Gasteiger charge is 2.25. The van der Waals surface area contributed by atoms with Crippen molar-refractivity contribution in [3.8, 4) is 0 Å². The van der Waals surface area contributed by atoms with E-state index in [0.29, 0.717) is 12.1 Å². The number of aliphatic hydroxyl groups is 1. The number of rotatable bonds is 4. The number of benzene rings is 1. The van der Waals surface area contributed by atoms with Gasteiger partial charge >= 0.3 is 0 Å². The Morgan fingerprint density at radius 1 is 1.57 bits per heavy atom. The smallest absolute Gasteiger partial charge is 0.265 e. The number of hydrazine groups is 1. The summed E-state index contributed by atoms with van der Waals surface area (Å²) in [5.74, 6) is 4.81. The Morgan fingerprint density at radius 3 is 2.95 bits per heavy atom. The zero-order valence-electron chi connectivity index (χ0n) is 11.9. The van der Waals surface area contributed by atoms with E-state index in [2.05, 4.69) is 26.3 Å². The topological polar surface area (TPSA) is 87.8 Å². The summed E-state index contributed by atoms with van der Waals surface area (Å²) in [6, 6.07) is 5.41. The van der Waals surface area contributed by atoms with E-state index in [4.69, 9.17) is 10.6 Å². The molecule has 1 fully saturated rings. The summed E-state index contributed by atoms with van der Waals surface area (Å²) in [6.45, 7) is 4.26. The van der Waals surface area contributed by atoms with E-state index >= 15 is 0 Å². The molecule has 0 radical (unpaired) electrons. The SMILES string of the molecule is CC1CN(Cc2ccc(C(=O)NN)cc2Br)CC(CO)O1. The van der Waals surface area contributed by atoms with Gasteiger partial charge < -0.3 is 9.84 Å². The molecule has 1 aromatic carbocycles. The third kappa shape index (κ3) is 4.24. The number of nitrogens with one attached hydrogen (secondary N) is 1. The molecular weight excluding hydrogens is 338 g/mol. The summed E-state index contributed by atoms with van der Waals surface area (Å²) < 4.78 is 6.49. The van der Waals surface area contributed by atoms with Gasteiger partial charge in [0.05, 0.1) is 18.8 Å². The lowest BCUT2D eigenvalue weighted by atomic mass is 10.1. The third-order valence-electron chi connectivity index (χ3n) is 3.45. The Kier molecular flexibility index (Phi) is 5.72. The molecular formula is C14H20BrN3O3. The average molecular weight is 358 g/mol. The quantitative estimate of drug-likeness (QED) is 0.418. The lowest BCUT2D eigenvalue weighted by Gasteiger charge is -2.36. The summed E-state index contributed by atoms with van der Waals surface area (Å²) in [5, 5.41) is 9.25. The number of nitrogens with zero attached hydrogens (tertiary/aromatic N) is 1. The van der Waals surface area contributed by atoms with Gasteiger partial charge in [-0.1, -0.05) is 22.0 Å². The molecule has 7 heteroatoms. The van der Waals surface area contributed by atoms with Crippen molar-refractivity contribution >= 4 is 21.8 Å². The highest BCUT2D eigenvalue weighted by Crippen LogP contribution is 2.22. The Morgan fingerprint density at radius 2 is 2.33 bits per heavy atom. The molecule has 21 heavy (non-hydrogen) atoms. The van der Waals surface area contributed by atoms with Gasteiger partial charge in [-0.05, 0) is 24.6 Å². The molecule has 2 unspecified atom stereocenters. The van der Waals surface area contributed by atoms with E-state index in [1.54, 1.807) is 12.1 Å². The maximum Gasteiger partial charge on any atom is 0.265 e. The second-order valence-electron chi connectivity index (χ2n) is 5.23. The molecule has 0 bridgehead atoms. The molecule has 1 amide bonds. The van der Waals surface area contributed by atoms with Gasteiger partial charge in [-0.25, -0.2) is 5.84 Å². The fourth-order valence-electron chi connectivity index (χ4n) is 2.51. The highest BCUT2D eigenvalue weighted by molar-refractivity contribution is 9.10. The lowest BCUT2D eigenvalue weighted by Crippen LogP contribution is -2.47. The maximum atomic E-state index is 11.5. The first-order chi connectivity index (χ1) is 10.0. The maximum absolute atomic E-state index is 11.5. The summed E-state index contributed by atoms with van der Waals surface area (Å²) in [7, 11) is 0. The lowest BCUT2D eigenvalue weighted by molar-refractivity contribution is -0.0973. The van der Waals surface area contributed by atoms with Crippen molar-refractivity contribution in [2.45, 2.75) is 25.7 Å². The number of hydrogen-bond acceptors (Lipinski definition) is 5. The molecule has 2 atom stereocenters. The van der Waals surface area contributed by atoms with E-state index in [1.165, 1.54) is 0 Å². The molecule has 1 aliphatic heterocycles. The van der Waals surface area contributed by atoms with Crippen LogP contribution in [0.25, 0.3) is 0 Å². The molecule has 1 aliphatic rings. The number of carbonyl (C=O) groups is 1. The Hall–Kier alpha value is -0.990. The number of amides is 1. The summed E-state index contributed by atoms with van der Waals surface area (Å²) >= 11 is 3.49. The molecule has 6 nitrogen and oxygen atoms in total. The first-order valence-corrected chi connectivity index (χ1v) is 7.60.